The monoisotopic (exact) mass is 322 g/mol. The lowest BCUT2D eigenvalue weighted by Crippen LogP contribution is -2.10. The molecule has 0 radical (unpaired) electrons. The van der Waals surface area contributed by atoms with Gasteiger partial charge in [0, 0.05) is 23.5 Å². The lowest BCUT2D eigenvalue weighted by molar-refractivity contribution is 0.0182. The zero-order valence-corrected chi connectivity index (χ0v) is 12.1. The summed E-state index contributed by atoms with van der Waals surface area (Å²) in [5, 5.41) is 0.711. The van der Waals surface area contributed by atoms with Crippen molar-refractivity contribution in [3.8, 4) is 0 Å². The van der Waals surface area contributed by atoms with E-state index in [9.17, 15) is 8.78 Å². The average molecular weight is 323 g/mol. The van der Waals surface area contributed by atoms with Crippen molar-refractivity contribution in [2.75, 3.05) is 13.2 Å². The highest BCUT2D eigenvalue weighted by molar-refractivity contribution is 9.08. The second-order valence-corrected chi connectivity index (χ2v) is 4.76. The van der Waals surface area contributed by atoms with Gasteiger partial charge < -0.3 is 4.74 Å². The molecule has 0 saturated carbocycles. The minimum absolute atomic E-state index is 0.218. The maximum atomic E-state index is 11.9. The van der Waals surface area contributed by atoms with Gasteiger partial charge in [-0.2, -0.15) is 0 Å². The third-order valence-electron chi connectivity index (χ3n) is 2.35. The molecule has 1 heterocycles. The molecule has 0 aliphatic heterocycles. The predicted molar refractivity (Wildman–Crippen MR) is 69.3 cm³/mol. The maximum Gasteiger partial charge on any atom is 0.261 e. The summed E-state index contributed by atoms with van der Waals surface area (Å²) in [5.41, 5.74) is 2.05. The number of rotatable bonds is 7. The molecule has 0 aliphatic carbocycles. The summed E-state index contributed by atoms with van der Waals surface area (Å²) >= 11 is 3.39. The van der Waals surface area contributed by atoms with Gasteiger partial charge in [0.1, 0.15) is 12.4 Å². The van der Waals surface area contributed by atoms with Gasteiger partial charge in [-0.3, -0.25) is 0 Å². The standard InChI is InChI=1S/C12H17BrF2N2O/c1-8(2)12-9(5-13)6-16-11(17-12)3-4-18-7-10(14)15/h6,8,10H,3-5,7H2,1-2H3. The molecular formula is C12H17BrF2N2O. The lowest BCUT2D eigenvalue weighted by Gasteiger charge is -2.11. The number of nitrogens with zero attached hydrogens (tertiary/aromatic N) is 2. The van der Waals surface area contributed by atoms with E-state index in [0.29, 0.717) is 23.5 Å². The molecule has 0 amide bonds. The van der Waals surface area contributed by atoms with Gasteiger partial charge in [0.25, 0.3) is 6.43 Å². The topological polar surface area (TPSA) is 35.0 Å². The van der Waals surface area contributed by atoms with Gasteiger partial charge in [0.15, 0.2) is 0 Å². The number of aromatic nitrogens is 2. The van der Waals surface area contributed by atoms with Crippen molar-refractivity contribution in [3.63, 3.8) is 0 Å². The van der Waals surface area contributed by atoms with Crippen LogP contribution in [-0.4, -0.2) is 29.6 Å². The molecule has 6 heteroatoms. The Morgan fingerprint density at radius 2 is 2.11 bits per heavy atom. The third-order valence-corrected chi connectivity index (χ3v) is 2.96. The van der Waals surface area contributed by atoms with E-state index in [1.54, 1.807) is 6.20 Å². The van der Waals surface area contributed by atoms with Crippen molar-refractivity contribution >= 4 is 15.9 Å². The molecule has 102 valence electrons. The molecule has 1 aromatic heterocycles. The Labute approximate surface area is 114 Å². The molecule has 0 aliphatic rings. The van der Waals surface area contributed by atoms with E-state index in [-0.39, 0.29) is 6.61 Å². The molecular weight excluding hydrogens is 306 g/mol. The average Bonchev–Trinajstić information content (AvgIpc) is 2.34. The highest BCUT2D eigenvalue weighted by Crippen LogP contribution is 2.18. The first-order valence-electron chi connectivity index (χ1n) is 5.81. The maximum absolute atomic E-state index is 11.9. The number of ether oxygens (including phenoxy) is 1. The van der Waals surface area contributed by atoms with E-state index < -0.39 is 13.0 Å². The predicted octanol–water partition coefficient (Wildman–Crippen LogP) is 3.32. The van der Waals surface area contributed by atoms with Gasteiger partial charge >= 0.3 is 0 Å². The van der Waals surface area contributed by atoms with Crippen LogP contribution in [0.1, 0.15) is 36.8 Å². The second-order valence-electron chi connectivity index (χ2n) is 4.20. The number of alkyl halides is 3. The molecule has 0 atom stereocenters. The molecule has 0 fully saturated rings. The fourth-order valence-corrected chi connectivity index (χ4v) is 1.95. The molecule has 0 N–H and O–H groups in total. The van der Waals surface area contributed by atoms with E-state index in [2.05, 4.69) is 39.7 Å². The lowest BCUT2D eigenvalue weighted by atomic mass is 10.1. The minimum atomic E-state index is -2.42. The summed E-state index contributed by atoms with van der Waals surface area (Å²) in [4.78, 5) is 8.65. The Hall–Kier alpha value is -0.620. The largest absolute Gasteiger partial charge is 0.375 e. The Balaban J connectivity index is 2.59. The normalized spacial score (nSPS) is 11.5. The first-order chi connectivity index (χ1) is 8.54. The molecule has 1 aromatic rings. The Morgan fingerprint density at radius 3 is 2.67 bits per heavy atom. The first-order valence-corrected chi connectivity index (χ1v) is 6.93. The molecule has 18 heavy (non-hydrogen) atoms. The fourth-order valence-electron chi connectivity index (χ4n) is 1.52. The molecule has 0 saturated heterocycles. The second kappa shape index (κ2) is 7.74. The minimum Gasteiger partial charge on any atom is -0.375 e. The smallest absolute Gasteiger partial charge is 0.261 e. The Bertz CT molecular complexity index is 375. The summed E-state index contributed by atoms with van der Waals surface area (Å²) < 4.78 is 28.6. The van der Waals surface area contributed by atoms with Gasteiger partial charge in [-0.05, 0) is 5.92 Å². The van der Waals surface area contributed by atoms with Crippen LogP contribution in [0.5, 0.6) is 0 Å². The van der Waals surface area contributed by atoms with Crippen molar-refractivity contribution in [1.82, 2.24) is 9.97 Å². The Kier molecular flexibility index (Phi) is 6.63. The zero-order valence-electron chi connectivity index (χ0n) is 10.5. The van der Waals surface area contributed by atoms with Crippen LogP contribution in [0.4, 0.5) is 8.78 Å². The van der Waals surface area contributed by atoms with Crippen LogP contribution in [0.15, 0.2) is 6.20 Å². The molecule has 0 spiro atoms. The van der Waals surface area contributed by atoms with Gasteiger partial charge in [-0.1, -0.05) is 29.8 Å². The van der Waals surface area contributed by atoms with Crippen molar-refractivity contribution in [2.45, 2.75) is 37.9 Å². The SMILES string of the molecule is CC(C)c1nc(CCOCC(F)F)ncc1CBr. The van der Waals surface area contributed by atoms with Crippen molar-refractivity contribution < 1.29 is 13.5 Å². The van der Waals surface area contributed by atoms with Crippen LogP contribution in [0.3, 0.4) is 0 Å². The van der Waals surface area contributed by atoms with Crippen LogP contribution in [0.2, 0.25) is 0 Å². The highest BCUT2D eigenvalue weighted by atomic mass is 79.9. The molecule has 0 unspecified atom stereocenters. The Morgan fingerprint density at radius 1 is 1.39 bits per heavy atom. The first kappa shape index (κ1) is 15.4. The van der Waals surface area contributed by atoms with Crippen LogP contribution < -0.4 is 0 Å². The van der Waals surface area contributed by atoms with Crippen molar-refractivity contribution in [2.24, 2.45) is 0 Å². The van der Waals surface area contributed by atoms with Crippen LogP contribution >= 0.6 is 15.9 Å². The van der Waals surface area contributed by atoms with E-state index in [0.717, 1.165) is 11.3 Å². The van der Waals surface area contributed by atoms with E-state index in [1.165, 1.54) is 0 Å². The summed E-state index contributed by atoms with van der Waals surface area (Å²) in [5.74, 6) is 0.943. The van der Waals surface area contributed by atoms with E-state index in [1.807, 2.05) is 0 Å². The van der Waals surface area contributed by atoms with E-state index in [4.69, 9.17) is 4.74 Å². The number of halogens is 3. The van der Waals surface area contributed by atoms with Crippen LogP contribution in [-0.2, 0) is 16.5 Å². The van der Waals surface area contributed by atoms with Crippen molar-refractivity contribution in [1.29, 1.82) is 0 Å². The van der Waals surface area contributed by atoms with Crippen LogP contribution in [0.25, 0.3) is 0 Å². The summed E-state index contributed by atoms with van der Waals surface area (Å²) in [6, 6.07) is 0. The highest BCUT2D eigenvalue weighted by Gasteiger charge is 2.10. The quantitative estimate of drug-likeness (QED) is 0.570. The summed E-state index contributed by atoms with van der Waals surface area (Å²) in [6.45, 7) is 3.81. The fraction of sp³-hybridized carbons (Fsp3) is 0.667. The molecule has 0 bridgehead atoms. The number of hydrogen-bond acceptors (Lipinski definition) is 3. The molecule has 3 nitrogen and oxygen atoms in total. The van der Waals surface area contributed by atoms with Crippen LogP contribution in [0, 0.1) is 0 Å². The summed E-state index contributed by atoms with van der Waals surface area (Å²) in [7, 11) is 0. The third kappa shape index (κ3) is 4.94. The van der Waals surface area contributed by atoms with Gasteiger partial charge in [0.05, 0.1) is 12.3 Å². The van der Waals surface area contributed by atoms with Gasteiger partial charge in [-0.25, -0.2) is 18.7 Å². The molecule has 1 rings (SSSR count). The van der Waals surface area contributed by atoms with Gasteiger partial charge in [0.2, 0.25) is 0 Å². The number of hydrogen-bond donors (Lipinski definition) is 0. The molecule has 0 aromatic carbocycles. The zero-order chi connectivity index (χ0) is 13.5. The van der Waals surface area contributed by atoms with Crippen molar-refractivity contribution in [3.05, 3.63) is 23.3 Å². The van der Waals surface area contributed by atoms with Gasteiger partial charge in [-0.15, -0.1) is 0 Å². The van der Waals surface area contributed by atoms with E-state index >= 15 is 0 Å². The summed E-state index contributed by atoms with van der Waals surface area (Å²) in [6.07, 6.45) is -0.193.